The molecular weight excluding hydrogens is 654 g/mol. The third kappa shape index (κ3) is 8.71. The van der Waals surface area contributed by atoms with Crippen LogP contribution in [0.5, 0.6) is 28.7 Å². The van der Waals surface area contributed by atoms with Crippen molar-refractivity contribution in [1.29, 1.82) is 0 Å². The number of hydrogen-bond donors (Lipinski definition) is 5. The number of allylic oxidation sites excluding steroid dienone is 3. The molecule has 0 heterocycles. The molecule has 0 aliphatic heterocycles. The van der Waals surface area contributed by atoms with Gasteiger partial charge in [-0.2, -0.15) is 13.2 Å². The maximum Gasteiger partial charge on any atom is 0.343 e. The number of nitrogens with one attached hydrogen (secondary N) is 1. The number of benzene rings is 4. The van der Waals surface area contributed by atoms with Crippen LogP contribution in [-0.4, -0.2) is 58.2 Å². The number of aromatic carboxylic acids is 1. The van der Waals surface area contributed by atoms with Gasteiger partial charge in [0.1, 0.15) is 16.4 Å². The van der Waals surface area contributed by atoms with Crippen molar-refractivity contribution in [3.05, 3.63) is 131 Å². The first-order chi connectivity index (χ1) is 23.4. The molecule has 5 rings (SSSR count). The van der Waals surface area contributed by atoms with Crippen molar-refractivity contribution >= 4 is 33.3 Å². The number of hydrogen-bond acceptors (Lipinski definition) is 10. The van der Waals surface area contributed by atoms with Gasteiger partial charge in [0.15, 0.2) is 17.3 Å². The van der Waals surface area contributed by atoms with E-state index in [1.807, 2.05) is 18.2 Å². The molecule has 0 saturated heterocycles. The van der Waals surface area contributed by atoms with E-state index in [0.29, 0.717) is 24.3 Å². The highest BCUT2D eigenvalue weighted by atomic mass is 32.2. The highest BCUT2D eigenvalue weighted by Crippen LogP contribution is 2.40. The molecule has 13 nitrogen and oxygen atoms in total. The average Bonchev–Trinajstić information content (AvgIpc) is 3.10. The lowest BCUT2D eigenvalue weighted by molar-refractivity contribution is -0.00541. The molecule has 0 fully saturated rings. The summed E-state index contributed by atoms with van der Waals surface area (Å²) < 4.78 is 35.6. The fraction of sp³-hybridized carbons (Fsp3) is 0.114. The van der Waals surface area contributed by atoms with Gasteiger partial charge in [0.05, 0.1) is 24.7 Å². The molecule has 0 saturated carbocycles. The van der Waals surface area contributed by atoms with Gasteiger partial charge in [0, 0.05) is 35.2 Å². The van der Waals surface area contributed by atoms with E-state index in [1.54, 1.807) is 18.2 Å². The number of phenolic OH excluding ortho intramolecular Hbond substituents is 3. The molecule has 0 atom stereocenters. The lowest BCUT2D eigenvalue weighted by Crippen LogP contribution is -2.13. The lowest BCUT2D eigenvalue weighted by atomic mass is 10.0. The number of phenols is 3. The van der Waals surface area contributed by atoms with Crippen LogP contribution in [0.4, 0.5) is 5.69 Å². The van der Waals surface area contributed by atoms with Crippen LogP contribution in [0.1, 0.15) is 45.2 Å². The predicted molar refractivity (Wildman–Crippen MR) is 179 cm³/mol. The standard InChI is InChI=1S/C21H16O10S.C14H15N3/c1-30-16-10-14(22)13(19(24)11-5-3-2-4-6-11)9-18(16)32(28,29)31-17-8-12(21(26)27)7-15(23)20(17)25;1-2-11-3-5-12(6-4-11)16-13-7-9-14(17-15)10-8-13/h2-10,22-23,25H,1H3,(H,26,27);3-9,16H,2,10H2,1H3. The third-order valence-electron chi connectivity index (χ3n) is 7.10. The van der Waals surface area contributed by atoms with Crippen LogP contribution in [0.25, 0.3) is 5.53 Å². The van der Waals surface area contributed by atoms with Crippen LogP contribution in [0, 0.1) is 0 Å². The van der Waals surface area contributed by atoms with Crippen molar-refractivity contribution in [1.82, 2.24) is 0 Å². The summed E-state index contributed by atoms with van der Waals surface area (Å²) >= 11 is 0. The Kier molecular flexibility index (Phi) is 11.2. The van der Waals surface area contributed by atoms with Crippen molar-refractivity contribution in [3.8, 4) is 28.7 Å². The summed E-state index contributed by atoms with van der Waals surface area (Å²) in [5, 5.41) is 42.2. The molecule has 4 aromatic rings. The monoisotopic (exact) mass is 685 g/mol. The molecule has 0 radical (unpaired) electrons. The summed E-state index contributed by atoms with van der Waals surface area (Å²) in [6.45, 7) is 2.14. The Hall–Kier alpha value is -6.37. The summed E-state index contributed by atoms with van der Waals surface area (Å²) in [6, 6.07) is 19.3. The Morgan fingerprint density at radius 1 is 0.898 bits per heavy atom. The molecule has 4 aromatic carbocycles. The van der Waals surface area contributed by atoms with Crippen LogP contribution >= 0.6 is 0 Å². The van der Waals surface area contributed by atoms with E-state index in [4.69, 9.17) is 19.6 Å². The number of ether oxygens (including phenoxy) is 1. The molecule has 0 unspecified atom stereocenters. The molecule has 5 N–H and O–H groups in total. The van der Waals surface area contributed by atoms with Crippen LogP contribution in [0.15, 0.2) is 108 Å². The molecule has 252 valence electrons. The molecule has 0 bridgehead atoms. The van der Waals surface area contributed by atoms with Gasteiger partial charge in [0.25, 0.3) is 5.71 Å². The van der Waals surface area contributed by atoms with Gasteiger partial charge in [-0.25, -0.2) is 4.79 Å². The summed E-state index contributed by atoms with van der Waals surface area (Å²) in [7, 11) is -3.73. The zero-order valence-electron chi connectivity index (χ0n) is 26.2. The minimum atomic E-state index is -4.85. The second-order valence-electron chi connectivity index (χ2n) is 10.4. The van der Waals surface area contributed by atoms with Crippen molar-refractivity contribution in [2.75, 3.05) is 12.4 Å². The molecular formula is C35H31N3O10S. The van der Waals surface area contributed by atoms with Crippen LogP contribution in [0.2, 0.25) is 0 Å². The molecule has 14 heteroatoms. The molecule has 49 heavy (non-hydrogen) atoms. The van der Waals surface area contributed by atoms with E-state index in [9.17, 15) is 33.3 Å². The number of aryl methyl sites for hydroxylation is 1. The quantitative estimate of drug-likeness (QED) is 0.0449. The minimum Gasteiger partial charge on any atom is -0.507 e. The zero-order valence-corrected chi connectivity index (χ0v) is 27.0. The highest BCUT2D eigenvalue weighted by Gasteiger charge is 2.29. The minimum absolute atomic E-state index is 0.175. The van der Waals surface area contributed by atoms with Gasteiger partial charge in [-0.05, 0) is 48.4 Å². The van der Waals surface area contributed by atoms with Crippen molar-refractivity contribution in [2.24, 2.45) is 0 Å². The van der Waals surface area contributed by atoms with E-state index in [2.05, 4.69) is 41.3 Å². The second kappa shape index (κ2) is 15.5. The number of anilines is 1. The maximum absolute atomic E-state index is 12.9. The van der Waals surface area contributed by atoms with E-state index >= 15 is 0 Å². The van der Waals surface area contributed by atoms with Crippen molar-refractivity contribution < 1.29 is 52.1 Å². The van der Waals surface area contributed by atoms with Crippen LogP contribution < -0.4 is 14.2 Å². The smallest absolute Gasteiger partial charge is 0.343 e. The number of nitrogens with zero attached hydrogens (tertiary/aromatic N) is 2. The Balaban J connectivity index is 0.000000266. The summed E-state index contributed by atoms with van der Waals surface area (Å²) in [4.78, 5) is 26.4. The van der Waals surface area contributed by atoms with E-state index < -0.39 is 55.3 Å². The number of carboxylic acids is 1. The Morgan fingerprint density at radius 3 is 2.16 bits per heavy atom. The summed E-state index contributed by atoms with van der Waals surface area (Å²) in [5.41, 5.74) is 12.0. The van der Waals surface area contributed by atoms with Gasteiger partial charge in [-0.1, -0.05) is 49.4 Å². The second-order valence-corrected chi connectivity index (χ2v) is 11.9. The van der Waals surface area contributed by atoms with Gasteiger partial charge < -0.3 is 40.2 Å². The fourth-order valence-corrected chi connectivity index (χ4v) is 5.57. The number of carboxylic acid groups (broad SMARTS) is 1. The lowest BCUT2D eigenvalue weighted by Gasteiger charge is -2.14. The number of aromatic hydroxyl groups is 3. The van der Waals surface area contributed by atoms with Crippen molar-refractivity contribution in [2.45, 2.75) is 24.7 Å². The molecule has 0 aromatic heterocycles. The average molecular weight is 686 g/mol. The van der Waals surface area contributed by atoms with Crippen molar-refractivity contribution in [3.63, 3.8) is 0 Å². The normalized spacial score (nSPS) is 12.1. The molecule has 1 aliphatic rings. The van der Waals surface area contributed by atoms with E-state index in [0.717, 1.165) is 37.0 Å². The van der Waals surface area contributed by atoms with Gasteiger partial charge in [-0.3, -0.25) is 4.79 Å². The Labute approximate surface area is 281 Å². The highest BCUT2D eigenvalue weighted by molar-refractivity contribution is 7.87. The maximum atomic E-state index is 12.9. The zero-order chi connectivity index (χ0) is 35.7. The third-order valence-corrected chi connectivity index (χ3v) is 8.36. The van der Waals surface area contributed by atoms with E-state index in [1.165, 1.54) is 17.7 Å². The van der Waals surface area contributed by atoms with Crippen LogP contribution in [-0.2, 0) is 16.5 Å². The Morgan fingerprint density at radius 2 is 1.59 bits per heavy atom. The summed E-state index contributed by atoms with van der Waals surface area (Å²) in [5.74, 6) is -5.94. The van der Waals surface area contributed by atoms with Gasteiger partial charge in [-0.15, -0.1) is 0 Å². The van der Waals surface area contributed by atoms with Gasteiger partial charge >= 0.3 is 16.1 Å². The predicted octanol–water partition coefficient (Wildman–Crippen LogP) is 5.68. The number of carbonyl (C=O) groups excluding carboxylic acids is 1. The Bertz CT molecular complexity index is 2100. The van der Waals surface area contributed by atoms with Gasteiger partial charge in [0.2, 0.25) is 5.75 Å². The topological polar surface area (TPSA) is 216 Å². The summed E-state index contributed by atoms with van der Waals surface area (Å²) in [6.07, 6.45) is 7.43. The first-order valence-electron chi connectivity index (χ1n) is 14.6. The molecule has 0 spiro atoms. The molecule has 1 aliphatic carbocycles. The number of ketones is 1. The number of carbonyl (C=O) groups is 2. The SMILES string of the molecule is CCc1ccc(NC2=CCC(=[N+]=[N-])C=C2)cc1.COc1cc(O)c(C(=O)c2ccccc2)cc1S(=O)(=O)Oc1cc(C(=O)O)cc(O)c1O. The van der Waals surface area contributed by atoms with E-state index in [-0.39, 0.29) is 16.9 Å². The number of methoxy groups -OCH3 is 1. The first-order valence-corrected chi connectivity index (χ1v) is 16.0. The molecule has 0 amide bonds. The number of rotatable bonds is 10. The van der Waals surface area contributed by atoms with Crippen LogP contribution in [0.3, 0.4) is 0 Å². The first kappa shape index (κ1) is 35.5. The fourth-order valence-electron chi connectivity index (χ4n) is 4.47. The largest absolute Gasteiger partial charge is 0.507 e.